The van der Waals surface area contributed by atoms with E-state index in [9.17, 15) is 14.9 Å². The summed E-state index contributed by atoms with van der Waals surface area (Å²) in [5, 5.41) is 11.7. The van der Waals surface area contributed by atoms with E-state index >= 15 is 0 Å². The van der Waals surface area contributed by atoms with Crippen LogP contribution in [0.3, 0.4) is 0 Å². The zero-order chi connectivity index (χ0) is 18.4. The molecule has 1 amide bonds. The molecule has 2 rings (SSSR count). The monoisotopic (exact) mass is 340 g/mol. The third kappa shape index (κ3) is 4.70. The van der Waals surface area contributed by atoms with Gasteiger partial charge in [-0.2, -0.15) is 5.26 Å². The number of nitrogens with zero attached hydrogens (tertiary/aromatic N) is 1. The molecule has 0 aliphatic rings. The van der Waals surface area contributed by atoms with E-state index in [1.54, 1.807) is 6.92 Å². The first-order valence-corrected chi connectivity index (χ1v) is 7.96. The molecule has 0 spiro atoms. The number of amides is 1. The summed E-state index contributed by atoms with van der Waals surface area (Å²) < 4.78 is 10.9. The van der Waals surface area contributed by atoms with E-state index in [0.29, 0.717) is 18.8 Å². The number of carbonyl (C=O) groups is 2. The summed E-state index contributed by atoms with van der Waals surface area (Å²) in [6, 6.07) is 9.58. The van der Waals surface area contributed by atoms with Crippen LogP contribution >= 0.6 is 0 Å². The van der Waals surface area contributed by atoms with Crippen molar-refractivity contribution in [1.29, 1.82) is 5.26 Å². The topological polar surface area (TPSA) is 92.3 Å². The molecule has 1 heterocycles. The molecule has 0 saturated carbocycles. The Morgan fingerprint density at radius 3 is 2.52 bits per heavy atom. The maximum Gasteiger partial charge on any atom is 0.226 e. The van der Waals surface area contributed by atoms with Crippen LogP contribution in [0, 0.1) is 25.2 Å². The Bertz CT molecular complexity index is 813. The van der Waals surface area contributed by atoms with Crippen LogP contribution in [0.4, 0.5) is 5.88 Å². The summed E-state index contributed by atoms with van der Waals surface area (Å²) in [5.41, 5.74) is 1.42. The number of aryl methyl sites for hydroxylation is 2. The van der Waals surface area contributed by atoms with E-state index in [2.05, 4.69) is 5.32 Å². The standard InChI is InChI=1S/C19H20N2O4/c1-12-6-8-15(9-7-12)24-10-4-5-17(23)21-19-16(11-20)18(13(2)22)14(3)25-19/h6-9H,4-5,10H2,1-3H3,(H,21,23). The van der Waals surface area contributed by atoms with E-state index < -0.39 is 0 Å². The van der Waals surface area contributed by atoms with Gasteiger partial charge in [0, 0.05) is 6.42 Å². The van der Waals surface area contributed by atoms with E-state index in [1.807, 2.05) is 37.3 Å². The van der Waals surface area contributed by atoms with Crippen LogP contribution in [-0.2, 0) is 4.79 Å². The summed E-state index contributed by atoms with van der Waals surface area (Å²) in [5.74, 6) is 0.528. The number of nitriles is 1. The number of anilines is 1. The molecule has 130 valence electrons. The summed E-state index contributed by atoms with van der Waals surface area (Å²) in [6.07, 6.45) is 0.729. The van der Waals surface area contributed by atoms with Gasteiger partial charge in [-0.25, -0.2) is 0 Å². The SMILES string of the molecule is CC(=O)c1c(C)oc(NC(=O)CCCOc2ccc(C)cc2)c1C#N. The second kappa shape index (κ2) is 8.15. The van der Waals surface area contributed by atoms with Gasteiger partial charge in [0.2, 0.25) is 11.8 Å². The van der Waals surface area contributed by atoms with E-state index in [4.69, 9.17) is 9.15 Å². The molecule has 0 saturated heterocycles. The van der Waals surface area contributed by atoms with Crippen molar-refractivity contribution >= 4 is 17.6 Å². The normalized spacial score (nSPS) is 10.2. The first kappa shape index (κ1) is 18.3. The van der Waals surface area contributed by atoms with Gasteiger partial charge in [-0.1, -0.05) is 17.7 Å². The lowest BCUT2D eigenvalue weighted by Gasteiger charge is -2.06. The molecule has 6 nitrogen and oxygen atoms in total. The van der Waals surface area contributed by atoms with Crippen molar-refractivity contribution in [2.24, 2.45) is 0 Å². The highest BCUT2D eigenvalue weighted by molar-refractivity contribution is 6.00. The number of Topliss-reactive ketones (excluding diaryl/α,β-unsaturated/α-hetero) is 1. The summed E-state index contributed by atoms with van der Waals surface area (Å²) in [7, 11) is 0. The molecule has 1 aromatic heterocycles. The average Bonchev–Trinajstić information content (AvgIpc) is 2.88. The molecular formula is C19H20N2O4. The number of rotatable bonds is 7. The lowest BCUT2D eigenvalue weighted by atomic mass is 10.1. The maximum atomic E-state index is 12.0. The van der Waals surface area contributed by atoms with Gasteiger partial charge in [0.15, 0.2) is 5.78 Å². The number of ketones is 1. The highest BCUT2D eigenvalue weighted by Crippen LogP contribution is 2.26. The number of furan rings is 1. The maximum absolute atomic E-state index is 12.0. The molecule has 1 N–H and O–H groups in total. The Morgan fingerprint density at radius 2 is 1.92 bits per heavy atom. The molecule has 25 heavy (non-hydrogen) atoms. The quantitative estimate of drug-likeness (QED) is 0.612. The largest absolute Gasteiger partial charge is 0.494 e. The third-order valence-electron chi connectivity index (χ3n) is 3.64. The average molecular weight is 340 g/mol. The van der Waals surface area contributed by atoms with Crippen LogP contribution in [0.2, 0.25) is 0 Å². The number of nitrogens with one attached hydrogen (secondary N) is 1. The molecule has 6 heteroatoms. The zero-order valence-electron chi connectivity index (χ0n) is 14.5. The first-order chi connectivity index (χ1) is 11.9. The van der Waals surface area contributed by atoms with Crippen LogP contribution in [0.25, 0.3) is 0 Å². The number of ether oxygens (including phenoxy) is 1. The van der Waals surface area contributed by atoms with E-state index in [1.165, 1.54) is 6.92 Å². The third-order valence-corrected chi connectivity index (χ3v) is 3.64. The van der Waals surface area contributed by atoms with Crippen LogP contribution in [-0.4, -0.2) is 18.3 Å². The molecule has 0 unspecified atom stereocenters. The van der Waals surface area contributed by atoms with Gasteiger partial charge < -0.3 is 9.15 Å². The van der Waals surface area contributed by atoms with Gasteiger partial charge >= 0.3 is 0 Å². The highest BCUT2D eigenvalue weighted by Gasteiger charge is 2.22. The van der Waals surface area contributed by atoms with Crippen molar-refractivity contribution in [2.75, 3.05) is 11.9 Å². The predicted octanol–water partition coefficient (Wildman–Crippen LogP) is 3.77. The highest BCUT2D eigenvalue weighted by atomic mass is 16.5. The summed E-state index contributed by atoms with van der Waals surface area (Å²) in [4.78, 5) is 23.6. The van der Waals surface area contributed by atoms with Crippen molar-refractivity contribution in [3.63, 3.8) is 0 Å². The molecule has 2 aromatic rings. The lowest BCUT2D eigenvalue weighted by molar-refractivity contribution is -0.116. The Hall–Kier alpha value is -3.07. The molecule has 0 fully saturated rings. The lowest BCUT2D eigenvalue weighted by Crippen LogP contribution is -2.13. The molecule has 0 atom stereocenters. The minimum Gasteiger partial charge on any atom is -0.494 e. The van der Waals surface area contributed by atoms with E-state index in [0.717, 1.165) is 11.3 Å². The number of carbonyl (C=O) groups excluding carboxylic acids is 2. The second-order valence-electron chi connectivity index (χ2n) is 5.72. The van der Waals surface area contributed by atoms with Crippen molar-refractivity contribution in [3.8, 4) is 11.8 Å². The molecule has 0 radical (unpaired) electrons. The van der Waals surface area contributed by atoms with Crippen molar-refractivity contribution in [1.82, 2.24) is 0 Å². The Balaban J connectivity index is 1.86. The minimum absolute atomic E-state index is 0.0228. The number of hydrogen-bond acceptors (Lipinski definition) is 5. The van der Waals surface area contributed by atoms with Crippen molar-refractivity contribution < 1.29 is 18.7 Å². The fourth-order valence-electron chi connectivity index (χ4n) is 2.41. The Kier molecular flexibility index (Phi) is 5.96. The van der Waals surface area contributed by atoms with Crippen molar-refractivity contribution in [2.45, 2.75) is 33.6 Å². The van der Waals surface area contributed by atoms with Gasteiger partial charge in [-0.15, -0.1) is 0 Å². The van der Waals surface area contributed by atoms with Gasteiger partial charge in [-0.05, 0) is 39.3 Å². The first-order valence-electron chi connectivity index (χ1n) is 7.96. The Labute approximate surface area is 146 Å². The molecule has 0 aliphatic heterocycles. The zero-order valence-corrected chi connectivity index (χ0v) is 14.5. The second-order valence-corrected chi connectivity index (χ2v) is 5.72. The van der Waals surface area contributed by atoms with Gasteiger partial charge in [-0.3, -0.25) is 14.9 Å². The molecule has 0 aliphatic carbocycles. The molecule has 1 aromatic carbocycles. The van der Waals surface area contributed by atoms with Crippen LogP contribution in [0.15, 0.2) is 28.7 Å². The van der Waals surface area contributed by atoms with Gasteiger partial charge in [0.05, 0.1) is 12.2 Å². The van der Waals surface area contributed by atoms with Gasteiger partial charge in [0.1, 0.15) is 23.1 Å². The fourth-order valence-corrected chi connectivity index (χ4v) is 2.41. The number of benzene rings is 1. The van der Waals surface area contributed by atoms with Gasteiger partial charge in [0.25, 0.3) is 0 Å². The van der Waals surface area contributed by atoms with Crippen LogP contribution in [0.5, 0.6) is 5.75 Å². The number of hydrogen-bond donors (Lipinski definition) is 1. The smallest absolute Gasteiger partial charge is 0.226 e. The predicted molar refractivity (Wildman–Crippen MR) is 92.7 cm³/mol. The summed E-state index contributed by atoms with van der Waals surface area (Å²) >= 11 is 0. The van der Waals surface area contributed by atoms with Crippen molar-refractivity contribution in [3.05, 3.63) is 46.7 Å². The fraction of sp³-hybridized carbons (Fsp3) is 0.316. The Morgan fingerprint density at radius 1 is 1.24 bits per heavy atom. The van der Waals surface area contributed by atoms with Crippen LogP contribution < -0.4 is 10.1 Å². The minimum atomic E-state index is -0.298. The summed E-state index contributed by atoms with van der Waals surface area (Å²) in [6.45, 7) is 5.34. The van der Waals surface area contributed by atoms with E-state index in [-0.39, 0.29) is 35.1 Å². The molecular weight excluding hydrogens is 320 g/mol. The molecule has 0 bridgehead atoms. The van der Waals surface area contributed by atoms with Crippen LogP contribution in [0.1, 0.15) is 47.0 Å².